The molecular formula is C17H20BrN3O. The summed E-state index contributed by atoms with van der Waals surface area (Å²) in [6.07, 6.45) is 3.55. The van der Waals surface area contributed by atoms with E-state index in [1.165, 1.54) is 6.20 Å². The van der Waals surface area contributed by atoms with E-state index < -0.39 is 0 Å². The Balaban J connectivity index is 1.95. The van der Waals surface area contributed by atoms with Gasteiger partial charge in [0.05, 0.1) is 0 Å². The van der Waals surface area contributed by atoms with Crippen LogP contribution in [0.25, 0.3) is 0 Å². The van der Waals surface area contributed by atoms with Gasteiger partial charge in [-0.2, -0.15) is 5.26 Å². The standard InChI is InChI=1S/C17H20BrN3O/c1-13-6-8-21(9-7-13)17(22)15(10-19)12-20-11-14-4-2-3-5-16(14)18/h2-5,12-13,20H,6-9,11H2,1H3/b15-12-. The number of hydrogen-bond donors (Lipinski definition) is 1. The summed E-state index contributed by atoms with van der Waals surface area (Å²) in [5.41, 5.74) is 1.25. The summed E-state index contributed by atoms with van der Waals surface area (Å²) in [5.74, 6) is 0.487. The van der Waals surface area contributed by atoms with E-state index >= 15 is 0 Å². The predicted octanol–water partition coefficient (Wildman–Crippen LogP) is 3.20. The monoisotopic (exact) mass is 361 g/mol. The van der Waals surface area contributed by atoms with Crippen LogP contribution in [0.1, 0.15) is 25.3 Å². The summed E-state index contributed by atoms with van der Waals surface area (Å²) < 4.78 is 1.01. The Bertz CT molecular complexity index is 598. The van der Waals surface area contributed by atoms with E-state index in [0.717, 1.165) is 36.0 Å². The maximum atomic E-state index is 12.3. The molecule has 0 radical (unpaired) electrons. The minimum Gasteiger partial charge on any atom is -0.386 e. The quantitative estimate of drug-likeness (QED) is 0.661. The third-order valence-electron chi connectivity index (χ3n) is 3.92. The summed E-state index contributed by atoms with van der Waals surface area (Å²) in [4.78, 5) is 14.1. The molecule has 4 nitrogen and oxygen atoms in total. The number of benzene rings is 1. The molecule has 1 aliphatic heterocycles. The van der Waals surface area contributed by atoms with Crippen molar-refractivity contribution in [1.82, 2.24) is 10.2 Å². The lowest BCUT2D eigenvalue weighted by molar-refractivity contribution is -0.128. The Kier molecular flexibility index (Phi) is 6.02. The van der Waals surface area contributed by atoms with Crippen LogP contribution in [0.2, 0.25) is 0 Å². The zero-order chi connectivity index (χ0) is 15.9. The van der Waals surface area contributed by atoms with Crippen molar-refractivity contribution in [3.05, 3.63) is 46.1 Å². The van der Waals surface area contributed by atoms with Crippen LogP contribution in [0.5, 0.6) is 0 Å². The first-order valence-corrected chi connectivity index (χ1v) is 8.27. The second-order valence-corrected chi connectivity index (χ2v) is 6.47. The van der Waals surface area contributed by atoms with Crippen molar-refractivity contribution in [2.75, 3.05) is 13.1 Å². The molecule has 1 aliphatic rings. The maximum absolute atomic E-state index is 12.3. The molecule has 0 atom stereocenters. The molecule has 0 unspecified atom stereocenters. The summed E-state index contributed by atoms with van der Waals surface area (Å²) in [7, 11) is 0. The summed E-state index contributed by atoms with van der Waals surface area (Å²) in [5, 5.41) is 12.3. The number of nitrogens with zero attached hydrogens (tertiary/aromatic N) is 2. The van der Waals surface area contributed by atoms with E-state index in [9.17, 15) is 10.1 Å². The Hall–Kier alpha value is -1.80. The van der Waals surface area contributed by atoms with Crippen molar-refractivity contribution < 1.29 is 4.79 Å². The van der Waals surface area contributed by atoms with Gasteiger partial charge in [-0.3, -0.25) is 4.79 Å². The van der Waals surface area contributed by atoms with Crippen LogP contribution in [0, 0.1) is 17.2 Å². The van der Waals surface area contributed by atoms with E-state index in [4.69, 9.17) is 0 Å². The second kappa shape index (κ2) is 8.00. The van der Waals surface area contributed by atoms with Crippen LogP contribution < -0.4 is 5.32 Å². The van der Waals surface area contributed by atoms with Crippen molar-refractivity contribution in [3.8, 4) is 6.07 Å². The third-order valence-corrected chi connectivity index (χ3v) is 4.69. The van der Waals surface area contributed by atoms with E-state index in [-0.39, 0.29) is 11.5 Å². The van der Waals surface area contributed by atoms with Gasteiger partial charge in [0, 0.05) is 30.3 Å². The molecule has 0 aliphatic carbocycles. The number of nitriles is 1. The van der Waals surface area contributed by atoms with Crippen LogP contribution in [-0.2, 0) is 11.3 Å². The third kappa shape index (κ3) is 4.35. The number of halogens is 1. The molecule has 1 heterocycles. The molecule has 1 aromatic rings. The number of rotatable bonds is 4. The van der Waals surface area contributed by atoms with Gasteiger partial charge in [0.2, 0.25) is 0 Å². The normalized spacial score (nSPS) is 16.2. The van der Waals surface area contributed by atoms with Gasteiger partial charge < -0.3 is 10.2 Å². The highest BCUT2D eigenvalue weighted by atomic mass is 79.9. The Labute approximate surface area is 139 Å². The van der Waals surface area contributed by atoms with Gasteiger partial charge in [-0.25, -0.2) is 0 Å². The summed E-state index contributed by atoms with van der Waals surface area (Å²) in [6.45, 7) is 4.24. The molecule has 1 amide bonds. The van der Waals surface area contributed by atoms with Crippen molar-refractivity contribution in [3.63, 3.8) is 0 Å². The molecule has 0 spiro atoms. The first-order valence-electron chi connectivity index (χ1n) is 7.48. The van der Waals surface area contributed by atoms with E-state index in [1.807, 2.05) is 30.3 Å². The molecule has 1 saturated heterocycles. The van der Waals surface area contributed by atoms with Crippen molar-refractivity contribution in [1.29, 1.82) is 5.26 Å². The molecule has 1 fully saturated rings. The van der Waals surface area contributed by atoms with Crippen LogP contribution >= 0.6 is 15.9 Å². The van der Waals surface area contributed by atoms with E-state index in [1.54, 1.807) is 4.90 Å². The average molecular weight is 362 g/mol. The fraction of sp³-hybridized carbons (Fsp3) is 0.412. The van der Waals surface area contributed by atoms with Crippen molar-refractivity contribution >= 4 is 21.8 Å². The lowest BCUT2D eigenvalue weighted by Gasteiger charge is -2.30. The van der Waals surface area contributed by atoms with E-state index in [2.05, 4.69) is 28.2 Å². The van der Waals surface area contributed by atoms with Gasteiger partial charge >= 0.3 is 0 Å². The minimum atomic E-state index is -0.172. The second-order valence-electron chi connectivity index (χ2n) is 5.62. The molecular weight excluding hydrogens is 342 g/mol. The van der Waals surface area contributed by atoms with Gasteiger partial charge in [-0.1, -0.05) is 41.1 Å². The topological polar surface area (TPSA) is 56.1 Å². The molecule has 0 bridgehead atoms. The number of carbonyl (C=O) groups excluding carboxylic acids is 1. The molecule has 1 N–H and O–H groups in total. The number of carbonyl (C=O) groups is 1. The summed E-state index contributed by atoms with van der Waals surface area (Å²) >= 11 is 3.48. The predicted molar refractivity (Wildman–Crippen MR) is 89.7 cm³/mol. The Morgan fingerprint density at radius 1 is 1.45 bits per heavy atom. The summed E-state index contributed by atoms with van der Waals surface area (Å²) in [6, 6.07) is 9.87. The number of hydrogen-bond acceptors (Lipinski definition) is 3. The largest absolute Gasteiger partial charge is 0.386 e. The van der Waals surface area contributed by atoms with Crippen LogP contribution in [0.3, 0.4) is 0 Å². The number of piperidine rings is 1. The highest BCUT2D eigenvalue weighted by Gasteiger charge is 2.22. The number of likely N-dealkylation sites (tertiary alicyclic amines) is 1. The molecule has 5 heteroatoms. The minimum absolute atomic E-state index is 0.168. The van der Waals surface area contributed by atoms with Gasteiger partial charge in [0.15, 0.2) is 0 Å². The number of amides is 1. The van der Waals surface area contributed by atoms with Gasteiger partial charge in [0.1, 0.15) is 11.6 Å². The van der Waals surface area contributed by atoms with Gasteiger partial charge in [-0.15, -0.1) is 0 Å². The first-order chi connectivity index (χ1) is 10.6. The SMILES string of the molecule is CC1CCN(C(=O)/C(C#N)=C\NCc2ccccc2Br)CC1. The maximum Gasteiger partial charge on any atom is 0.265 e. The van der Waals surface area contributed by atoms with Gasteiger partial charge in [0.25, 0.3) is 5.91 Å². The zero-order valence-electron chi connectivity index (χ0n) is 12.7. The van der Waals surface area contributed by atoms with Crippen LogP contribution in [0.15, 0.2) is 40.5 Å². The number of nitrogens with one attached hydrogen (secondary N) is 1. The smallest absolute Gasteiger partial charge is 0.265 e. The van der Waals surface area contributed by atoms with E-state index in [0.29, 0.717) is 12.5 Å². The lowest BCUT2D eigenvalue weighted by Crippen LogP contribution is -2.38. The Morgan fingerprint density at radius 3 is 2.77 bits per heavy atom. The van der Waals surface area contributed by atoms with Crippen molar-refractivity contribution in [2.45, 2.75) is 26.3 Å². The fourth-order valence-corrected chi connectivity index (χ4v) is 2.85. The van der Waals surface area contributed by atoms with Crippen LogP contribution in [0.4, 0.5) is 0 Å². The fourth-order valence-electron chi connectivity index (χ4n) is 2.43. The highest BCUT2D eigenvalue weighted by molar-refractivity contribution is 9.10. The van der Waals surface area contributed by atoms with Gasteiger partial charge in [-0.05, 0) is 30.4 Å². The van der Waals surface area contributed by atoms with Crippen molar-refractivity contribution in [2.24, 2.45) is 5.92 Å². The first kappa shape index (κ1) is 16.6. The molecule has 0 saturated carbocycles. The molecule has 22 heavy (non-hydrogen) atoms. The lowest BCUT2D eigenvalue weighted by atomic mass is 9.99. The molecule has 2 rings (SSSR count). The molecule has 116 valence electrons. The average Bonchev–Trinajstić information content (AvgIpc) is 2.53. The molecule has 0 aromatic heterocycles. The van der Waals surface area contributed by atoms with Crippen LogP contribution in [-0.4, -0.2) is 23.9 Å². The molecule has 1 aromatic carbocycles. The highest BCUT2D eigenvalue weighted by Crippen LogP contribution is 2.18. The zero-order valence-corrected chi connectivity index (χ0v) is 14.3. The Morgan fingerprint density at radius 2 is 2.14 bits per heavy atom.